The normalized spacial score (nSPS) is 12.9. The molecule has 0 amide bonds. The molecule has 1 heterocycles. The molecular weight excluding hydrogens is 280 g/mol. The van der Waals surface area contributed by atoms with E-state index >= 15 is 0 Å². The molecule has 108 valence electrons. The first-order valence-corrected chi connectivity index (χ1v) is 8.33. The molecule has 0 unspecified atom stereocenters. The van der Waals surface area contributed by atoms with E-state index in [1.807, 2.05) is 27.7 Å². The standard InChI is InChI=1S/C13H22N2O2S2/c1-6-7-15(13(3,4)5)19(16,17)12-8-11(9-14)18-10(12)2/h6,8H,1,7,9,14H2,2-5H3. The molecule has 0 aliphatic rings. The van der Waals surface area contributed by atoms with E-state index in [-0.39, 0.29) is 0 Å². The first-order valence-electron chi connectivity index (χ1n) is 6.07. The molecule has 0 aliphatic heterocycles. The lowest BCUT2D eigenvalue weighted by atomic mass is 10.1. The van der Waals surface area contributed by atoms with Crippen molar-refractivity contribution >= 4 is 21.4 Å². The smallest absolute Gasteiger partial charge is 0.244 e. The highest BCUT2D eigenvalue weighted by molar-refractivity contribution is 7.89. The average Bonchev–Trinajstić information content (AvgIpc) is 2.66. The summed E-state index contributed by atoms with van der Waals surface area (Å²) in [5.74, 6) is 0. The lowest BCUT2D eigenvalue weighted by Gasteiger charge is -2.33. The lowest BCUT2D eigenvalue weighted by molar-refractivity contribution is 0.270. The van der Waals surface area contributed by atoms with Gasteiger partial charge in [-0.25, -0.2) is 8.42 Å². The molecule has 0 aromatic carbocycles. The van der Waals surface area contributed by atoms with Crippen molar-refractivity contribution in [2.24, 2.45) is 5.73 Å². The van der Waals surface area contributed by atoms with Gasteiger partial charge in [-0.2, -0.15) is 4.31 Å². The summed E-state index contributed by atoms with van der Waals surface area (Å²) in [5.41, 5.74) is 5.09. The van der Waals surface area contributed by atoms with E-state index in [0.717, 1.165) is 9.75 Å². The fourth-order valence-corrected chi connectivity index (χ4v) is 5.09. The first-order chi connectivity index (χ1) is 8.64. The van der Waals surface area contributed by atoms with Crippen LogP contribution in [0.1, 0.15) is 30.5 Å². The number of nitrogens with two attached hydrogens (primary N) is 1. The minimum atomic E-state index is -3.52. The van der Waals surface area contributed by atoms with Crippen LogP contribution in [0.5, 0.6) is 0 Å². The summed E-state index contributed by atoms with van der Waals surface area (Å²) < 4.78 is 27.0. The molecule has 6 heteroatoms. The van der Waals surface area contributed by atoms with E-state index in [9.17, 15) is 8.42 Å². The predicted molar refractivity (Wildman–Crippen MR) is 80.8 cm³/mol. The van der Waals surface area contributed by atoms with Crippen molar-refractivity contribution in [1.82, 2.24) is 4.31 Å². The molecule has 0 saturated carbocycles. The molecule has 0 radical (unpaired) electrons. The molecule has 2 N–H and O–H groups in total. The minimum absolute atomic E-state index is 0.291. The molecule has 19 heavy (non-hydrogen) atoms. The summed E-state index contributed by atoms with van der Waals surface area (Å²) in [5, 5.41) is 0. The highest BCUT2D eigenvalue weighted by Gasteiger charge is 2.34. The Bertz CT molecular complexity index is 554. The third kappa shape index (κ3) is 3.45. The molecule has 0 saturated heterocycles. The van der Waals surface area contributed by atoms with Crippen molar-refractivity contribution in [2.45, 2.75) is 44.7 Å². The van der Waals surface area contributed by atoms with Crippen LogP contribution >= 0.6 is 11.3 Å². The van der Waals surface area contributed by atoms with Crippen LogP contribution in [0.25, 0.3) is 0 Å². The Morgan fingerprint density at radius 2 is 2.05 bits per heavy atom. The van der Waals surface area contributed by atoms with Crippen LogP contribution in [0, 0.1) is 6.92 Å². The van der Waals surface area contributed by atoms with E-state index in [1.165, 1.54) is 15.6 Å². The first kappa shape index (κ1) is 16.4. The molecular formula is C13H22N2O2S2. The predicted octanol–water partition coefficient (Wildman–Crippen LogP) is 2.49. The second-order valence-corrected chi connectivity index (χ2v) is 8.50. The number of thiophene rings is 1. The second-order valence-electron chi connectivity index (χ2n) is 5.33. The summed E-state index contributed by atoms with van der Waals surface area (Å²) in [4.78, 5) is 2.01. The summed E-state index contributed by atoms with van der Waals surface area (Å²) in [6, 6.07) is 1.68. The van der Waals surface area contributed by atoms with Gasteiger partial charge < -0.3 is 5.73 Å². The Balaban J connectivity index is 3.34. The SMILES string of the molecule is C=CCN(C(C)(C)C)S(=O)(=O)c1cc(CN)sc1C. The van der Waals surface area contributed by atoms with Crippen molar-refractivity contribution in [3.8, 4) is 0 Å². The number of hydrogen-bond donors (Lipinski definition) is 1. The Hall–Kier alpha value is -0.690. The van der Waals surface area contributed by atoms with Crippen LogP contribution in [0.4, 0.5) is 0 Å². The Labute approximate surface area is 120 Å². The van der Waals surface area contributed by atoms with Crippen LogP contribution in [0.15, 0.2) is 23.6 Å². The Kier molecular flexibility index (Phi) is 4.95. The maximum Gasteiger partial charge on any atom is 0.244 e. The molecule has 0 aliphatic carbocycles. The van der Waals surface area contributed by atoms with Crippen LogP contribution in [-0.2, 0) is 16.6 Å². The summed E-state index contributed by atoms with van der Waals surface area (Å²) in [6.07, 6.45) is 1.61. The van der Waals surface area contributed by atoms with Crippen molar-refractivity contribution < 1.29 is 8.42 Å². The Morgan fingerprint density at radius 1 is 1.47 bits per heavy atom. The highest BCUT2D eigenvalue weighted by atomic mass is 32.2. The molecule has 0 bridgehead atoms. The topological polar surface area (TPSA) is 63.4 Å². The molecule has 4 nitrogen and oxygen atoms in total. The monoisotopic (exact) mass is 302 g/mol. The van der Waals surface area contributed by atoms with E-state index in [4.69, 9.17) is 5.73 Å². The van der Waals surface area contributed by atoms with Gasteiger partial charge in [0.2, 0.25) is 10.0 Å². The average molecular weight is 302 g/mol. The van der Waals surface area contributed by atoms with E-state index < -0.39 is 15.6 Å². The van der Waals surface area contributed by atoms with Gasteiger partial charge in [0.25, 0.3) is 0 Å². The lowest BCUT2D eigenvalue weighted by Crippen LogP contribution is -2.45. The maximum atomic E-state index is 12.8. The summed E-state index contributed by atoms with van der Waals surface area (Å²) in [7, 11) is -3.52. The number of hydrogen-bond acceptors (Lipinski definition) is 4. The zero-order chi connectivity index (χ0) is 14.8. The zero-order valence-electron chi connectivity index (χ0n) is 11.9. The largest absolute Gasteiger partial charge is 0.326 e. The van der Waals surface area contributed by atoms with Crippen LogP contribution in [0.2, 0.25) is 0 Å². The Morgan fingerprint density at radius 3 is 2.42 bits per heavy atom. The van der Waals surface area contributed by atoms with Gasteiger partial charge in [0.15, 0.2) is 0 Å². The van der Waals surface area contributed by atoms with Crippen molar-refractivity contribution in [1.29, 1.82) is 0 Å². The second kappa shape index (κ2) is 5.75. The minimum Gasteiger partial charge on any atom is -0.326 e. The third-order valence-corrected chi connectivity index (χ3v) is 6.19. The number of aryl methyl sites for hydroxylation is 1. The summed E-state index contributed by atoms with van der Waals surface area (Å²) >= 11 is 1.43. The zero-order valence-corrected chi connectivity index (χ0v) is 13.6. The molecule has 1 rings (SSSR count). The molecule has 1 aromatic rings. The van der Waals surface area contributed by atoms with E-state index in [1.54, 1.807) is 12.1 Å². The van der Waals surface area contributed by atoms with Gasteiger partial charge in [-0.15, -0.1) is 17.9 Å². The van der Waals surface area contributed by atoms with E-state index in [2.05, 4.69) is 6.58 Å². The quantitative estimate of drug-likeness (QED) is 0.850. The number of nitrogens with zero attached hydrogens (tertiary/aromatic N) is 1. The van der Waals surface area contributed by atoms with Crippen molar-refractivity contribution in [3.05, 3.63) is 28.5 Å². The third-order valence-electron chi connectivity index (χ3n) is 2.74. The maximum absolute atomic E-state index is 12.8. The van der Waals surface area contributed by atoms with E-state index in [0.29, 0.717) is 18.0 Å². The van der Waals surface area contributed by atoms with Gasteiger partial charge in [-0.1, -0.05) is 6.08 Å². The van der Waals surface area contributed by atoms with Gasteiger partial charge in [0, 0.05) is 28.4 Å². The van der Waals surface area contributed by atoms with Gasteiger partial charge in [-0.05, 0) is 33.8 Å². The summed E-state index contributed by atoms with van der Waals surface area (Å²) in [6.45, 7) is 11.7. The van der Waals surface area contributed by atoms with Crippen LogP contribution < -0.4 is 5.73 Å². The van der Waals surface area contributed by atoms with Crippen molar-refractivity contribution in [3.63, 3.8) is 0 Å². The molecule has 1 aromatic heterocycles. The van der Waals surface area contributed by atoms with Gasteiger partial charge in [-0.3, -0.25) is 0 Å². The van der Waals surface area contributed by atoms with Gasteiger partial charge in [0.1, 0.15) is 0 Å². The van der Waals surface area contributed by atoms with Crippen LogP contribution in [-0.4, -0.2) is 24.8 Å². The number of sulfonamides is 1. The fourth-order valence-electron chi connectivity index (χ4n) is 1.85. The van der Waals surface area contributed by atoms with Gasteiger partial charge >= 0.3 is 0 Å². The van der Waals surface area contributed by atoms with Crippen molar-refractivity contribution in [2.75, 3.05) is 6.54 Å². The molecule has 0 atom stereocenters. The molecule has 0 spiro atoms. The molecule has 0 fully saturated rings. The van der Waals surface area contributed by atoms with Crippen LogP contribution in [0.3, 0.4) is 0 Å². The number of rotatable bonds is 5. The van der Waals surface area contributed by atoms with Gasteiger partial charge in [0.05, 0.1) is 4.90 Å². The fraction of sp³-hybridized carbons (Fsp3) is 0.538. The highest BCUT2D eigenvalue weighted by Crippen LogP contribution is 2.31.